The number of rotatable bonds is 6. The number of benzene rings is 2. The van der Waals surface area contributed by atoms with Gasteiger partial charge in [-0.1, -0.05) is 35.3 Å². The Kier molecular flexibility index (Phi) is 6.97. The minimum Gasteiger partial charge on any atom is -0.354 e. The van der Waals surface area contributed by atoms with Crippen molar-refractivity contribution in [2.24, 2.45) is 0 Å². The zero-order valence-corrected chi connectivity index (χ0v) is 20.9. The fourth-order valence-corrected chi connectivity index (χ4v) is 4.91. The topological polar surface area (TPSA) is 70.5 Å². The van der Waals surface area contributed by atoms with Gasteiger partial charge in [-0.05, 0) is 61.2 Å². The minimum absolute atomic E-state index is 0.0977. The predicted molar refractivity (Wildman–Crippen MR) is 139 cm³/mol. The molecule has 1 N–H and O–H groups in total. The number of nitrogens with one attached hydrogen (secondary N) is 1. The number of halogens is 2. The summed E-state index contributed by atoms with van der Waals surface area (Å²) >= 11 is 12.0. The molecular weight excluding hydrogens is 485 g/mol. The van der Waals surface area contributed by atoms with E-state index in [1.54, 1.807) is 33.8 Å². The number of amides is 1. The van der Waals surface area contributed by atoms with Crippen LogP contribution in [0.5, 0.6) is 0 Å². The van der Waals surface area contributed by atoms with Crippen LogP contribution in [0.3, 0.4) is 0 Å². The Morgan fingerprint density at radius 2 is 1.60 bits per heavy atom. The molecule has 2 aromatic carbocycles. The van der Waals surface area contributed by atoms with E-state index in [4.69, 9.17) is 28.2 Å². The Balaban J connectivity index is 1.39. The SMILES string of the molecule is O=C(c1ccc(Cl)cc1)N1CCc2nc(NCCc3ccc(Cl)cc3)n(N3CCCC3)c(=O)c2C1. The van der Waals surface area contributed by atoms with E-state index in [-0.39, 0.29) is 18.0 Å². The highest BCUT2D eigenvalue weighted by atomic mass is 35.5. The average Bonchev–Trinajstić information content (AvgIpc) is 3.40. The summed E-state index contributed by atoms with van der Waals surface area (Å²) in [6.07, 6.45) is 3.40. The molecule has 0 atom stereocenters. The Bertz CT molecular complexity index is 1270. The Labute approximate surface area is 214 Å². The van der Waals surface area contributed by atoms with Crippen LogP contribution in [-0.2, 0) is 19.4 Å². The van der Waals surface area contributed by atoms with Gasteiger partial charge >= 0.3 is 0 Å². The van der Waals surface area contributed by atoms with Crippen molar-refractivity contribution in [3.8, 4) is 0 Å². The summed E-state index contributed by atoms with van der Waals surface area (Å²) in [6, 6.07) is 14.6. The maximum absolute atomic E-state index is 13.7. The number of aromatic nitrogens is 2. The lowest BCUT2D eigenvalue weighted by atomic mass is 10.1. The minimum atomic E-state index is -0.107. The number of hydrogen-bond donors (Lipinski definition) is 1. The van der Waals surface area contributed by atoms with E-state index in [9.17, 15) is 9.59 Å². The fourth-order valence-electron chi connectivity index (χ4n) is 4.66. The predicted octanol–water partition coefficient (Wildman–Crippen LogP) is 4.14. The van der Waals surface area contributed by atoms with E-state index in [2.05, 4.69) is 10.3 Å². The van der Waals surface area contributed by atoms with Gasteiger partial charge in [0.25, 0.3) is 11.5 Å². The monoisotopic (exact) mass is 511 g/mol. The van der Waals surface area contributed by atoms with Crippen molar-refractivity contribution in [1.82, 2.24) is 14.6 Å². The largest absolute Gasteiger partial charge is 0.354 e. The fraction of sp³-hybridized carbons (Fsp3) is 0.346. The first-order valence-corrected chi connectivity index (χ1v) is 12.7. The molecule has 1 saturated heterocycles. The third kappa shape index (κ3) is 5.16. The van der Waals surface area contributed by atoms with Crippen molar-refractivity contribution in [2.45, 2.75) is 32.2 Å². The second kappa shape index (κ2) is 10.3. The molecule has 1 amide bonds. The highest BCUT2D eigenvalue weighted by molar-refractivity contribution is 6.30. The lowest BCUT2D eigenvalue weighted by molar-refractivity contribution is 0.0732. The Hall–Kier alpha value is -3.03. The van der Waals surface area contributed by atoms with Gasteiger partial charge in [0.15, 0.2) is 0 Å². The number of carbonyl (C=O) groups excluding carboxylic acids is 1. The smallest absolute Gasteiger partial charge is 0.279 e. The number of anilines is 1. The molecule has 2 aliphatic rings. The Morgan fingerprint density at radius 1 is 0.943 bits per heavy atom. The molecule has 7 nitrogen and oxygen atoms in total. The molecule has 0 unspecified atom stereocenters. The summed E-state index contributed by atoms with van der Waals surface area (Å²) in [7, 11) is 0. The zero-order chi connectivity index (χ0) is 24.4. The summed E-state index contributed by atoms with van der Waals surface area (Å²) in [5.74, 6) is 0.465. The van der Waals surface area contributed by atoms with Crippen molar-refractivity contribution in [3.63, 3.8) is 0 Å². The molecule has 3 aromatic rings. The molecular formula is C26H27Cl2N5O2. The lowest BCUT2D eigenvalue weighted by Gasteiger charge is -2.31. The van der Waals surface area contributed by atoms with Crippen LogP contribution in [0.1, 0.15) is 40.0 Å². The standard InChI is InChI=1S/C26H27Cl2N5O2/c27-20-7-3-18(4-8-20)11-13-29-26-30-23-12-16-31(24(34)19-5-9-21(28)10-6-19)17-22(23)25(35)33(26)32-14-1-2-15-32/h3-10H,1-2,11-17H2,(H,29,30). The van der Waals surface area contributed by atoms with Crippen LogP contribution in [0.4, 0.5) is 5.95 Å². The number of fused-ring (bicyclic) bond motifs is 1. The van der Waals surface area contributed by atoms with Gasteiger partial charge in [0.1, 0.15) is 0 Å². The molecule has 1 fully saturated rings. The van der Waals surface area contributed by atoms with Gasteiger partial charge < -0.3 is 15.2 Å². The summed E-state index contributed by atoms with van der Waals surface area (Å²) in [6.45, 7) is 3.02. The maximum atomic E-state index is 13.7. The molecule has 0 radical (unpaired) electrons. The third-order valence-electron chi connectivity index (χ3n) is 6.56. The average molecular weight is 512 g/mol. The van der Waals surface area contributed by atoms with E-state index >= 15 is 0 Å². The lowest BCUT2D eigenvalue weighted by Crippen LogP contribution is -2.47. The highest BCUT2D eigenvalue weighted by Gasteiger charge is 2.29. The number of hydrogen-bond acceptors (Lipinski definition) is 5. The van der Waals surface area contributed by atoms with Gasteiger partial charge in [-0.2, -0.15) is 4.68 Å². The third-order valence-corrected chi connectivity index (χ3v) is 7.07. The molecule has 0 bridgehead atoms. The van der Waals surface area contributed by atoms with Gasteiger partial charge in [0, 0.05) is 48.2 Å². The first kappa shape index (κ1) is 23.7. The highest BCUT2D eigenvalue weighted by Crippen LogP contribution is 2.21. The van der Waals surface area contributed by atoms with E-state index < -0.39 is 0 Å². The zero-order valence-electron chi connectivity index (χ0n) is 19.3. The normalized spacial score (nSPS) is 15.3. The van der Waals surface area contributed by atoms with E-state index in [0.29, 0.717) is 46.6 Å². The molecule has 182 valence electrons. The quantitative estimate of drug-likeness (QED) is 0.538. The van der Waals surface area contributed by atoms with Crippen molar-refractivity contribution in [1.29, 1.82) is 0 Å². The van der Waals surface area contributed by atoms with Crippen molar-refractivity contribution in [3.05, 3.63) is 91.3 Å². The molecule has 1 aromatic heterocycles. The van der Waals surface area contributed by atoms with Gasteiger partial charge in [-0.15, -0.1) is 0 Å². The number of carbonyl (C=O) groups is 1. The molecule has 0 aliphatic carbocycles. The molecule has 9 heteroatoms. The molecule has 0 saturated carbocycles. The Morgan fingerprint density at radius 3 is 2.29 bits per heavy atom. The summed E-state index contributed by atoms with van der Waals surface area (Å²) in [4.78, 5) is 33.4. The first-order chi connectivity index (χ1) is 17.0. The summed E-state index contributed by atoms with van der Waals surface area (Å²) in [5.41, 5.74) is 2.98. The van der Waals surface area contributed by atoms with Gasteiger partial charge in [-0.3, -0.25) is 9.59 Å². The van der Waals surface area contributed by atoms with Crippen LogP contribution >= 0.6 is 23.2 Å². The molecule has 0 spiro atoms. The van der Waals surface area contributed by atoms with Crippen molar-refractivity contribution >= 4 is 35.1 Å². The van der Waals surface area contributed by atoms with Crippen LogP contribution in [0.25, 0.3) is 0 Å². The number of nitrogens with zero attached hydrogens (tertiary/aromatic N) is 4. The van der Waals surface area contributed by atoms with Gasteiger partial charge in [0.05, 0.1) is 17.8 Å². The molecule has 5 rings (SSSR count). The molecule has 2 aliphatic heterocycles. The van der Waals surface area contributed by atoms with E-state index in [1.165, 1.54) is 0 Å². The first-order valence-electron chi connectivity index (χ1n) is 11.9. The van der Waals surface area contributed by atoms with Gasteiger partial charge in [0.2, 0.25) is 5.95 Å². The van der Waals surface area contributed by atoms with E-state index in [0.717, 1.165) is 43.6 Å². The second-order valence-electron chi connectivity index (χ2n) is 8.93. The summed E-state index contributed by atoms with van der Waals surface area (Å²) in [5, 5.41) is 6.74. The summed E-state index contributed by atoms with van der Waals surface area (Å²) < 4.78 is 1.68. The van der Waals surface area contributed by atoms with Crippen LogP contribution < -0.4 is 15.9 Å². The van der Waals surface area contributed by atoms with Crippen molar-refractivity contribution < 1.29 is 4.79 Å². The maximum Gasteiger partial charge on any atom is 0.279 e. The molecule has 3 heterocycles. The van der Waals surface area contributed by atoms with E-state index in [1.807, 2.05) is 24.3 Å². The second-order valence-corrected chi connectivity index (χ2v) is 9.80. The van der Waals surface area contributed by atoms with Crippen molar-refractivity contribution in [2.75, 3.05) is 36.5 Å². The van der Waals surface area contributed by atoms with Gasteiger partial charge in [-0.25, -0.2) is 4.98 Å². The van der Waals surface area contributed by atoms with Crippen LogP contribution in [0, 0.1) is 0 Å². The van der Waals surface area contributed by atoms with Crippen LogP contribution in [0.2, 0.25) is 10.0 Å². The van der Waals surface area contributed by atoms with Crippen LogP contribution in [-0.4, -0.2) is 46.6 Å². The molecule has 35 heavy (non-hydrogen) atoms. The van der Waals surface area contributed by atoms with Crippen LogP contribution in [0.15, 0.2) is 53.3 Å².